The van der Waals surface area contributed by atoms with Gasteiger partial charge in [0.1, 0.15) is 0 Å². The molecule has 0 aromatic heterocycles. The molecule has 5 nitrogen and oxygen atoms in total. The van der Waals surface area contributed by atoms with Gasteiger partial charge >= 0.3 is 0 Å². The second kappa shape index (κ2) is 5.79. The predicted octanol–water partition coefficient (Wildman–Crippen LogP) is -0.354. The molecular formula is C9H20N2O3S. The number of ether oxygens (including phenoxy) is 1. The van der Waals surface area contributed by atoms with E-state index < -0.39 is 10.0 Å². The van der Waals surface area contributed by atoms with Gasteiger partial charge in [-0.15, -0.1) is 0 Å². The highest BCUT2D eigenvalue weighted by molar-refractivity contribution is 7.89. The van der Waals surface area contributed by atoms with Crippen molar-refractivity contribution in [3.05, 3.63) is 0 Å². The Labute approximate surface area is 91.8 Å². The Morgan fingerprint density at radius 1 is 1.40 bits per heavy atom. The number of hydrogen-bond acceptors (Lipinski definition) is 4. The topological polar surface area (TPSA) is 58.6 Å². The lowest BCUT2D eigenvalue weighted by molar-refractivity contribution is 0.214. The lowest BCUT2D eigenvalue weighted by atomic mass is 10.1. The van der Waals surface area contributed by atoms with Gasteiger partial charge in [0, 0.05) is 26.2 Å². The molecule has 1 aliphatic rings. The molecule has 0 bridgehead atoms. The summed E-state index contributed by atoms with van der Waals surface area (Å²) in [5.41, 5.74) is 0. The third kappa shape index (κ3) is 3.71. The number of piperidine rings is 1. The van der Waals surface area contributed by atoms with Crippen LogP contribution in [0, 0.1) is 0 Å². The molecule has 1 rings (SSSR count). The number of nitrogens with zero attached hydrogens (tertiary/aromatic N) is 1. The first-order chi connectivity index (χ1) is 7.10. The maximum atomic E-state index is 11.8. The number of rotatable bonds is 5. The van der Waals surface area contributed by atoms with Crippen molar-refractivity contribution in [2.24, 2.45) is 0 Å². The molecule has 0 saturated carbocycles. The highest BCUT2D eigenvalue weighted by Gasteiger charge is 2.26. The van der Waals surface area contributed by atoms with Gasteiger partial charge < -0.3 is 10.1 Å². The van der Waals surface area contributed by atoms with Gasteiger partial charge in [-0.25, -0.2) is 12.7 Å². The van der Waals surface area contributed by atoms with Gasteiger partial charge in [-0.05, 0) is 19.9 Å². The van der Waals surface area contributed by atoms with Crippen LogP contribution >= 0.6 is 0 Å². The first-order valence-electron chi connectivity index (χ1n) is 5.24. The van der Waals surface area contributed by atoms with Crippen molar-refractivity contribution in [2.45, 2.75) is 18.9 Å². The molecule has 1 aliphatic heterocycles. The highest BCUT2D eigenvalue weighted by atomic mass is 32.2. The van der Waals surface area contributed by atoms with Gasteiger partial charge in [0.25, 0.3) is 0 Å². The van der Waals surface area contributed by atoms with E-state index in [-0.39, 0.29) is 12.4 Å². The largest absolute Gasteiger partial charge is 0.384 e. The van der Waals surface area contributed by atoms with Gasteiger partial charge in [-0.2, -0.15) is 0 Å². The van der Waals surface area contributed by atoms with Crippen LogP contribution in [0.25, 0.3) is 0 Å². The van der Waals surface area contributed by atoms with Crippen LogP contribution in [-0.2, 0) is 14.8 Å². The van der Waals surface area contributed by atoms with Crippen molar-refractivity contribution < 1.29 is 13.2 Å². The fraction of sp³-hybridized carbons (Fsp3) is 1.00. The van der Waals surface area contributed by atoms with Gasteiger partial charge in [0.2, 0.25) is 10.0 Å². The lowest BCUT2D eigenvalue weighted by Gasteiger charge is -2.30. The molecule has 1 fully saturated rings. The first kappa shape index (κ1) is 12.9. The smallest absolute Gasteiger partial charge is 0.216 e. The molecule has 0 amide bonds. The Kier molecular flexibility index (Phi) is 4.98. The summed E-state index contributed by atoms with van der Waals surface area (Å²) in [7, 11) is 0.336. The van der Waals surface area contributed by atoms with Crippen molar-refractivity contribution >= 4 is 10.0 Å². The fourth-order valence-corrected chi connectivity index (χ4v) is 3.14. The summed E-state index contributed by atoms with van der Waals surface area (Å²) in [6.45, 7) is 1.52. The molecule has 0 aliphatic carbocycles. The Bertz CT molecular complexity index is 271. The SMILES string of the molecule is CNC1CCN(S(=O)(=O)CCOC)CC1. The van der Waals surface area contributed by atoms with Crippen molar-refractivity contribution in [1.29, 1.82) is 0 Å². The Morgan fingerprint density at radius 2 is 2.00 bits per heavy atom. The molecule has 0 unspecified atom stereocenters. The minimum atomic E-state index is -3.10. The van der Waals surface area contributed by atoms with E-state index in [1.807, 2.05) is 7.05 Å². The van der Waals surface area contributed by atoms with E-state index in [9.17, 15) is 8.42 Å². The van der Waals surface area contributed by atoms with E-state index in [0.29, 0.717) is 19.1 Å². The van der Waals surface area contributed by atoms with Crippen molar-refractivity contribution in [3.63, 3.8) is 0 Å². The summed E-state index contributed by atoms with van der Waals surface area (Å²) in [5.74, 6) is 0.0910. The summed E-state index contributed by atoms with van der Waals surface area (Å²) in [6.07, 6.45) is 1.78. The first-order valence-corrected chi connectivity index (χ1v) is 6.85. The molecule has 1 heterocycles. The fourth-order valence-electron chi connectivity index (χ4n) is 1.74. The van der Waals surface area contributed by atoms with Gasteiger partial charge in [-0.3, -0.25) is 0 Å². The molecule has 0 radical (unpaired) electrons. The Hall–Kier alpha value is -0.170. The molecular weight excluding hydrogens is 216 g/mol. The number of hydrogen-bond donors (Lipinski definition) is 1. The molecule has 1 N–H and O–H groups in total. The quantitative estimate of drug-likeness (QED) is 0.708. The molecule has 1 saturated heterocycles. The van der Waals surface area contributed by atoms with E-state index in [1.54, 1.807) is 4.31 Å². The van der Waals surface area contributed by atoms with Crippen LogP contribution < -0.4 is 5.32 Å². The van der Waals surface area contributed by atoms with Crippen LogP contribution in [0.4, 0.5) is 0 Å². The summed E-state index contributed by atoms with van der Waals surface area (Å²) in [5, 5.41) is 3.17. The van der Waals surface area contributed by atoms with Gasteiger partial charge in [0.05, 0.1) is 12.4 Å². The highest BCUT2D eigenvalue weighted by Crippen LogP contribution is 2.13. The maximum Gasteiger partial charge on any atom is 0.216 e. The van der Waals surface area contributed by atoms with Crippen LogP contribution in [0.3, 0.4) is 0 Å². The maximum absolute atomic E-state index is 11.8. The zero-order valence-electron chi connectivity index (χ0n) is 9.40. The minimum absolute atomic E-state index is 0.0910. The van der Waals surface area contributed by atoms with Gasteiger partial charge in [-0.1, -0.05) is 0 Å². The monoisotopic (exact) mass is 236 g/mol. The standard InChI is InChI=1S/C9H20N2O3S/c1-10-9-3-5-11(6-4-9)15(12,13)8-7-14-2/h9-10H,3-8H2,1-2H3. The normalized spacial score (nSPS) is 20.7. The van der Waals surface area contributed by atoms with Crippen LogP contribution in [0.1, 0.15) is 12.8 Å². The summed E-state index contributed by atoms with van der Waals surface area (Å²) >= 11 is 0. The van der Waals surface area contributed by atoms with E-state index in [0.717, 1.165) is 12.8 Å². The zero-order chi connectivity index (χ0) is 11.3. The number of nitrogens with one attached hydrogen (secondary N) is 1. The van der Waals surface area contributed by atoms with Gasteiger partial charge in [0.15, 0.2) is 0 Å². The molecule has 0 atom stereocenters. The summed E-state index contributed by atoms with van der Waals surface area (Å²) < 4.78 is 29.9. The van der Waals surface area contributed by atoms with Crippen LogP contribution in [0.5, 0.6) is 0 Å². The van der Waals surface area contributed by atoms with Crippen LogP contribution in [0.15, 0.2) is 0 Å². The second-order valence-corrected chi connectivity index (χ2v) is 5.86. The third-order valence-electron chi connectivity index (χ3n) is 2.80. The number of methoxy groups -OCH3 is 1. The van der Waals surface area contributed by atoms with E-state index in [1.165, 1.54) is 7.11 Å². The van der Waals surface area contributed by atoms with Crippen molar-refractivity contribution in [1.82, 2.24) is 9.62 Å². The summed E-state index contributed by atoms with van der Waals surface area (Å²) in [6, 6.07) is 0.457. The second-order valence-electron chi connectivity index (χ2n) is 3.77. The lowest BCUT2D eigenvalue weighted by Crippen LogP contribution is -2.45. The number of sulfonamides is 1. The van der Waals surface area contributed by atoms with Crippen LogP contribution in [-0.4, -0.2) is 58.4 Å². The zero-order valence-corrected chi connectivity index (χ0v) is 10.2. The Balaban J connectivity index is 2.45. The van der Waals surface area contributed by atoms with E-state index in [4.69, 9.17) is 4.74 Å². The average Bonchev–Trinajstić information content (AvgIpc) is 2.26. The van der Waals surface area contributed by atoms with E-state index >= 15 is 0 Å². The molecule has 0 aromatic carbocycles. The summed E-state index contributed by atoms with van der Waals surface area (Å²) in [4.78, 5) is 0. The molecule has 0 aromatic rings. The molecule has 15 heavy (non-hydrogen) atoms. The molecule has 90 valence electrons. The molecule has 0 spiro atoms. The van der Waals surface area contributed by atoms with Crippen molar-refractivity contribution in [3.8, 4) is 0 Å². The van der Waals surface area contributed by atoms with Crippen LogP contribution in [0.2, 0.25) is 0 Å². The third-order valence-corrected chi connectivity index (χ3v) is 4.64. The van der Waals surface area contributed by atoms with Crippen molar-refractivity contribution in [2.75, 3.05) is 39.6 Å². The van der Waals surface area contributed by atoms with E-state index in [2.05, 4.69) is 5.32 Å². The average molecular weight is 236 g/mol. The molecule has 6 heteroatoms. The Morgan fingerprint density at radius 3 is 2.47 bits per heavy atom. The minimum Gasteiger partial charge on any atom is -0.384 e. The predicted molar refractivity (Wildman–Crippen MR) is 59.3 cm³/mol.